The lowest BCUT2D eigenvalue weighted by Gasteiger charge is -2.09. The lowest BCUT2D eigenvalue weighted by Crippen LogP contribution is -2.15. The highest BCUT2D eigenvalue weighted by atomic mass is 35.5. The first-order chi connectivity index (χ1) is 14.7. The number of aromatic hydroxyl groups is 1. The molecule has 0 saturated carbocycles. The van der Waals surface area contributed by atoms with Crippen LogP contribution >= 0.6 is 11.6 Å². The van der Waals surface area contributed by atoms with Crippen molar-refractivity contribution in [2.24, 2.45) is 0 Å². The summed E-state index contributed by atoms with van der Waals surface area (Å²) in [6, 6.07) is 4.15. The van der Waals surface area contributed by atoms with Crippen LogP contribution in [0.25, 0.3) is 10.9 Å². The molecule has 0 aliphatic rings. The monoisotopic (exact) mass is 453 g/mol. The fraction of sp³-hybridized carbons (Fsp3) is 0.273. The number of benzene rings is 2. The molecule has 5 nitrogen and oxygen atoms in total. The molecular formula is C22H19ClF3NO4. The third-order valence-electron chi connectivity index (χ3n) is 4.94. The lowest BCUT2D eigenvalue weighted by molar-refractivity contribution is -0.142. The summed E-state index contributed by atoms with van der Waals surface area (Å²) in [5.41, 5.74) is -0.131. The second kappa shape index (κ2) is 9.01. The van der Waals surface area contributed by atoms with E-state index in [2.05, 4.69) is 0 Å². The van der Waals surface area contributed by atoms with Crippen LogP contribution in [0.1, 0.15) is 41.4 Å². The SMILES string of the molecule is CCCCOC(=O)Cc1c(C)n(C(=O)c2ccc(Cl)c(F)c2)c2cc(F)c(O)c(F)c12. The zero-order valence-electron chi connectivity index (χ0n) is 16.8. The minimum Gasteiger partial charge on any atom is -0.503 e. The molecule has 3 rings (SSSR count). The number of phenols is 1. The maximum Gasteiger partial charge on any atom is 0.310 e. The molecular weight excluding hydrogens is 435 g/mol. The Bertz CT molecular complexity index is 1190. The van der Waals surface area contributed by atoms with Crippen LogP contribution < -0.4 is 0 Å². The van der Waals surface area contributed by atoms with Gasteiger partial charge in [-0.05, 0) is 37.1 Å². The number of rotatable bonds is 6. The van der Waals surface area contributed by atoms with E-state index in [1.54, 1.807) is 0 Å². The van der Waals surface area contributed by atoms with Crippen molar-refractivity contribution >= 4 is 34.4 Å². The minimum absolute atomic E-state index is 0.0621. The molecule has 0 bridgehead atoms. The van der Waals surface area contributed by atoms with Crippen LogP contribution in [-0.4, -0.2) is 28.2 Å². The van der Waals surface area contributed by atoms with Crippen molar-refractivity contribution < 1.29 is 32.6 Å². The number of carbonyl (C=O) groups is 2. The number of carbonyl (C=O) groups excluding carboxylic acids is 2. The zero-order valence-corrected chi connectivity index (χ0v) is 17.5. The van der Waals surface area contributed by atoms with Crippen LogP contribution in [0.4, 0.5) is 13.2 Å². The number of aromatic nitrogens is 1. The number of esters is 1. The van der Waals surface area contributed by atoms with Gasteiger partial charge in [-0.25, -0.2) is 13.2 Å². The first-order valence-electron chi connectivity index (χ1n) is 9.53. The Morgan fingerprint density at radius 2 is 1.87 bits per heavy atom. The van der Waals surface area contributed by atoms with Gasteiger partial charge in [0.15, 0.2) is 17.4 Å². The summed E-state index contributed by atoms with van der Waals surface area (Å²) < 4.78 is 48.9. The van der Waals surface area contributed by atoms with Gasteiger partial charge in [-0.15, -0.1) is 0 Å². The average Bonchev–Trinajstić information content (AvgIpc) is 2.99. The first-order valence-corrected chi connectivity index (χ1v) is 9.91. The van der Waals surface area contributed by atoms with Crippen molar-refractivity contribution in [3.8, 4) is 5.75 Å². The zero-order chi connectivity index (χ0) is 22.9. The number of hydrogen-bond acceptors (Lipinski definition) is 4. The molecule has 31 heavy (non-hydrogen) atoms. The fourth-order valence-electron chi connectivity index (χ4n) is 3.32. The summed E-state index contributed by atoms with van der Waals surface area (Å²) in [5, 5.41) is 9.26. The number of nitrogens with zero attached hydrogens (tertiary/aromatic N) is 1. The molecule has 0 saturated heterocycles. The van der Waals surface area contributed by atoms with Gasteiger partial charge in [-0.2, -0.15) is 0 Å². The summed E-state index contributed by atoms with van der Waals surface area (Å²) in [4.78, 5) is 25.3. The molecule has 0 atom stereocenters. The minimum atomic E-state index is -1.30. The van der Waals surface area contributed by atoms with Crippen molar-refractivity contribution in [1.29, 1.82) is 0 Å². The van der Waals surface area contributed by atoms with E-state index in [1.807, 2.05) is 6.92 Å². The summed E-state index contributed by atoms with van der Waals surface area (Å²) in [6.07, 6.45) is 1.05. The first kappa shape index (κ1) is 22.7. The van der Waals surface area contributed by atoms with Gasteiger partial charge in [-0.1, -0.05) is 24.9 Å². The number of hydrogen-bond donors (Lipinski definition) is 1. The average molecular weight is 454 g/mol. The van der Waals surface area contributed by atoms with Crippen LogP contribution in [0.5, 0.6) is 5.75 Å². The molecule has 9 heteroatoms. The molecule has 0 aliphatic heterocycles. The number of fused-ring (bicyclic) bond motifs is 1. The molecule has 0 unspecified atom stereocenters. The van der Waals surface area contributed by atoms with Crippen molar-refractivity contribution in [2.75, 3.05) is 6.61 Å². The Morgan fingerprint density at radius 3 is 2.52 bits per heavy atom. The lowest BCUT2D eigenvalue weighted by atomic mass is 10.1. The van der Waals surface area contributed by atoms with Crippen LogP contribution in [-0.2, 0) is 16.0 Å². The highest BCUT2D eigenvalue weighted by molar-refractivity contribution is 6.30. The van der Waals surface area contributed by atoms with Crippen LogP contribution in [0.15, 0.2) is 24.3 Å². The predicted molar refractivity (Wildman–Crippen MR) is 109 cm³/mol. The molecule has 0 aliphatic carbocycles. The predicted octanol–water partition coefficient (Wildman–Crippen LogP) is 5.30. The molecule has 3 aromatic rings. The molecule has 0 radical (unpaired) electrons. The quantitative estimate of drug-likeness (QED) is 0.406. The van der Waals surface area contributed by atoms with Crippen LogP contribution in [0.3, 0.4) is 0 Å². The van der Waals surface area contributed by atoms with E-state index < -0.39 is 41.5 Å². The number of ether oxygens (including phenoxy) is 1. The van der Waals surface area contributed by atoms with Gasteiger partial charge in [0, 0.05) is 22.7 Å². The Balaban J connectivity index is 2.17. The topological polar surface area (TPSA) is 68.5 Å². The van der Waals surface area contributed by atoms with Crippen molar-refractivity contribution in [3.05, 3.63) is 63.6 Å². The van der Waals surface area contributed by atoms with Crippen LogP contribution in [0.2, 0.25) is 5.02 Å². The van der Waals surface area contributed by atoms with E-state index in [4.69, 9.17) is 16.3 Å². The maximum absolute atomic E-state index is 14.8. The number of unbranched alkanes of at least 4 members (excludes halogenated alkanes) is 1. The Labute approximate surface area is 181 Å². The molecule has 0 amide bonds. The third kappa shape index (κ3) is 4.25. The van der Waals surface area contributed by atoms with E-state index in [9.17, 15) is 27.9 Å². The summed E-state index contributed by atoms with van der Waals surface area (Å²) in [7, 11) is 0. The second-order valence-corrected chi connectivity index (χ2v) is 7.41. The Kier molecular flexibility index (Phi) is 6.59. The van der Waals surface area contributed by atoms with Gasteiger partial charge in [-0.3, -0.25) is 14.2 Å². The second-order valence-electron chi connectivity index (χ2n) is 7.00. The van der Waals surface area contributed by atoms with Crippen molar-refractivity contribution in [2.45, 2.75) is 33.1 Å². The van der Waals surface area contributed by atoms with Crippen LogP contribution in [0, 0.1) is 24.4 Å². The Morgan fingerprint density at radius 1 is 1.16 bits per heavy atom. The van der Waals surface area contributed by atoms with Gasteiger partial charge < -0.3 is 9.84 Å². The van der Waals surface area contributed by atoms with Crippen molar-refractivity contribution in [1.82, 2.24) is 4.57 Å². The Hall–Kier alpha value is -3.00. The van der Waals surface area contributed by atoms with E-state index in [0.717, 1.165) is 23.1 Å². The largest absolute Gasteiger partial charge is 0.503 e. The number of halogens is 4. The standard InChI is InChI=1S/C22H19ClF3NO4/c1-3-4-7-31-18(28)9-13-11(2)27(17-10-16(25)21(29)20(26)19(13)17)22(30)12-5-6-14(23)15(24)8-12/h5-6,8,10,29H,3-4,7,9H2,1-2H3. The molecule has 0 spiro atoms. The highest BCUT2D eigenvalue weighted by Gasteiger charge is 2.27. The van der Waals surface area contributed by atoms with Gasteiger partial charge in [0.2, 0.25) is 0 Å². The smallest absolute Gasteiger partial charge is 0.310 e. The molecule has 0 fully saturated rings. The molecule has 1 N–H and O–H groups in total. The summed E-state index contributed by atoms with van der Waals surface area (Å²) in [5.74, 6) is -6.09. The fourth-order valence-corrected chi connectivity index (χ4v) is 3.44. The highest BCUT2D eigenvalue weighted by Crippen LogP contribution is 2.35. The van der Waals surface area contributed by atoms with E-state index in [-0.39, 0.29) is 39.4 Å². The summed E-state index contributed by atoms with van der Waals surface area (Å²) in [6.45, 7) is 3.54. The third-order valence-corrected chi connectivity index (χ3v) is 5.25. The van der Waals surface area contributed by atoms with E-state index in [0.29, 0.717) is 6.42 Å². The molecule has 2 aromatic carbocycles. The van der Waals surface area contributed by atoms with Gasteiger partial charge >= 0.3 is 5.97 Å². The van der Waals surface area contributed by atoms with Gasteiger partial charge in [0.25, 0.3) is 5.91 Å². The van der Waals surface area contributed by atoms with Gasteiger partial charge in [0.05, 0.1) is 23.6 Å². The maximum atomic E-state index is 14.8. The molecule has 1 heterocycles. The van der Waals surface area contributed by atoms with Gasteiger partial charge in [0.1, 0.15) is 5.82 Å². The van der Waals surface area contributed by atoms with E-state index >= 15 is 0 Å². The summed E-state index contributed by atoms with van der Waals surface area (Å²) >= 11 is 5.66. The normalized spacial score (nSPS) is 11.2. The van der Waals surface area contributed by atoms with E-state index in [1.165, 1.54) is 19.1 Å². The molecule has 1 aromatic heterocycles. The number of phenolic OH excluding ortho intramolecular Hbond substituents is 1. The van der Waals surface area contributed by atoms with Crippen molar-refractivity contribution in [3.63, 3.8) is 0 Å². The molecule has 164 valence electrons.